The van der Waals surface area contributed by atoms with Crippen LogP contribution in [0.4, 0.5) is 4.79 Å². The van der Waals surface area contributed by atoms with Gasteiger partial charge in [-0.25, -0.2) is 37.0 Å². The van der Waals surface area contributed by atoms with Gasteiger partial charge in [0.15, 0.2) is 0 Å². The first-order chi connectivity index (χ1) is 29.8. The summed E-state index contributed by atoms with van der Waals surface area (Å²) in [6.07, 6.45) is 0.120. The van der Waals surface area contributed by atoms with Crippen LogP contribution in [-0.4, -0.2) is 77.5 Å². The Kier molecular flexibility index (Phi) is 17.5. The SMILES string of the molecule is Cc1cn([C@H]2CC[C@@H](COP(=O)(O)OP(=O)(O)OP(=O)(O)OP(=O)(O)OP(=O)(O)OP(=O)(O)OCCCCCCNC(=O)OCC3c4ccccc4-c4ccccc43)O2)c(=O)[nH]c1=O. The number of benzene rings is 2. The van der Waals surface area contributed by atoms with Crippen LogP contribution in [0.3, 0.4) is 0 Å². The van der Waals surface area contributed by atoms with E-state index in [4.69, 9.17) is 9.47 Å². The lowest BCUT2D eigenvalue weighted by atomic mass is 9.98. The number of rotatable bonds is 24. The standard InChI is InChI=1S/C31H43N3O24P6/c1-21-18-34(30(36)33-29(21)35)28-15-14-22(53-28)19-52-60(40,41)55-62(44,45)57-64(48,49)58-63(46,47)56-61(42,43)54-59(38,39)51-17-9-3-2-8-16-32-31(37)50-20-27-25-12-6-4-10-23(25)24-11-5-7-13-26(24)27/h4-7,10-13,18,22,27-28H,2-3,8-9,14-17,19-20H2,1H3,(H,32,37)(H,38,39)(H,40,41)(H,42,43)(H,44,45)(H,46,47)(H,48,49)(H,33,35,36)/t22-,28+/m0/s1. The summed E-state index contributed by atoms with van der Waals surface area (Å²) < 4.78 is 113. The Morgan fingerprint density at radius 2 is 1.20 bits per heavy atom. The predicted molar refractivity (Wildman–Crippen MR) is 217 cm³/mol. The molecule has 64 heavy (non-hydrogen) atoms. The van der Waals surface area contributed by atoms with E-state index in [0.29, 0.717) is 19.3 Å². The molecule has 1 aliphatic heterocycles. The highest BCUT2D eigenvalue weighted by molar-refractivity contribution is 7.72. The Hall–Kier alpha value is -2.79. The molecule has 6 unspecified atom stereocenters. The summed E-state index contributed by atoms with van der Waals surface area (Å²) in [6.45, 7) is 0.348. The summed E-state index contributed by atoms with van der Waals surface area (Å²) in [7, 11) is -36.6. The second-order valence-electron chi connectivity index (χ2n) is 13.8. The summed E-state index contributed by atoms with van der Waals surface area (Å²) in [4.78, 5) is 96.7. The molecule has 1 saturated heterocycles. The number of nitrogens with zero attached hydrogens (tertiary/aromatic N) is 1. The van der Waals surface area contributed by atoms with E-state index in [9.17, 15) is 71.1 Å². The summed E-state index contributed by atoms with van der Waals surface area (Å²) in [5, 5.41) is 2.63. The van der Waals surface area contributed by atoms with E-state index < -0.39 is 89.8 Å². The lowest BCUT2D eigenvalue weighted by molar-refractivity contribution is -0.0244. The van der Waals surface area contributed by atoms with Crippen molar-refractivity contribution in [3.63, 3.8) is 0 Å². The molecular formula is C31H43N3O24P6. The fourth-order valence-corrected chi connectivity index (χ4v) is 14.2. The molecule has 1 amide bonds. The number of carbonyl (C=O) groups excluding carboxylic acids is 1. The van der Waals surface area contributed by atoms with Gasteiger partial charge < -0.3 is 44.2 Å². The van der Waals surface area contributed by atoms with Crippen molar-refractivity contribution in [1.82, 2.24) is 14.9 Å². The van der Waals surface area contributed by atoms with Crippen LogP contribution in [0.2, 0.25) is 0 Å². The van der Waals surface area contributed by atoms with Gasteiger partial charge in [0.25, 0.3) is 5.56 Å². The molecule has 356 valence electrons. The minimum Gasteiger partial charge on any atom is -0.449 e. The van der Waals surface area contributed by atoms with Crippen molar-refractivity contribution >= 4 is 53.0 Å². The molecule has 0 radical (unpaired) electrons. The fraction of sp³-hybridized carbons (Fsp3) is 0.452. The molecule has 1 aliphatic carbocycles. The van der Waals surface area contributed by atoms with E-state index >= 15 is 0 Å². The van der Waals surface area contributed by atoms with Gasteiger partial charge in [0.2, 0.25) is 0 Å². The van der Waals surface area contributed by atoms with E-state index in [1.54, 1.807) is 0 Å². The van der Waals surface area contributed by atoms with Crippen LogP contribution in [0.5, 0.6) is 0 Å². The number of aromatic amines is 1. The molecule has 8 N–H and O–H groups in total. The van der Waals surface area contributed by atoms with Crippen LogP contribution in [0.25, 0.3) is 11.1 Å². The maximum absolute atomic E-state index is 12.3. The molecule has 0 saturated carbocycles. The first kappa shape index (κ1) is 52.2. The normalized spacial score (nSPS) is 21.8. The smallest absolute Gasteiger partial charge is 0.449 e. The summed E-state index contributed by atoms with van der Waals surface area (Å²) in [5.41, 5.74) is 2.96. The van der Waals surface area contributed by atoms with E-state index in [0.717, 1.165) is 26.8 Å². The van der Waals surface area contributed by atoms with E-state index in [2.05, 4.69) is 40.9 Å². The Bertz CT molecular complexity index is 2540. The number of phosphoric acid groups is 6. The summed E-state index contributed by atoms with van der Waals surface area (Å²) >= 11 is 0. The highest BCUT2D eigenvalue weighted by Gasteiger charge is 2.49. The van der Waals surface area contributed by atoms with Gasteiger partial charge in [-0.15, -0.1) is 0 Å². The van der Waals surface area contributed by atoms with E-state index in [1.807, 2.05) is 48.5 Å². The second kappa shape index (κ2) is 21.4. The Labute approximate surface area is 362 Å². The van der Waals surface area contributed by atoms with Crippen molar-refractivity contribution in [3.8, 4) is 11.1 Å². The molecule has 1 aromatic heterocycles. The lowest BCUT2D eigenvalue weighted by Crippen LogP contribution is -2.33. The largest absolute Gasteiger partial charge is 0.490 e. The predicted octanol–water partition coefficient (Wildman–Crippen LogP) is 5.34. The number of H-pyrrole nitrogens is 1. The molecule has 3 aromatic rings. The Balaban J connectivity index is 0.964. The molecule has 33 heteroatoms. The molecule has 5 rings (SSSR count). The molecule has 2 heterocycles. The number of aromatic nitrogens is 2. The van der Waals surface area contributed by atoms with Gasteiger partial charge in [-0.2, -0.15) is 21.6 Å². The third-order valence-corrected chi connectivity index (χ3v) is 18.2. The number of aryl methyl sites for hydroxylation is 1. The third kappa shape index (κ3) is 15.7. The maximum atomic E-state index is 12.3. The van der Waals surface area contributed by atoms with Gasteiger partial charge in [-0.1, -0.05) is 61.4 Å². The molecule has 0 bridgehead atoms. The number of nitrogens with one attached hydrogen (secondary N) is 2. The molecular weight excluding hydrogens is 984 g/mol. The minimum absolute atomic E-state index is 0.0619. The van der Waals surface area contributed by atoms with E-state index in [1.165, 1.54) is 13.1 Å². The van der Waals surface area contributed by atoms with Crippen molar-refractivity contribution in [1.29, 1.82) is 0 Å². The minimum atomic E-state index is -6.45. The van der Waals surface area contributed by atoms with Crippen LogP contribution >= 0.6 is 46.9 Å². The zero-order valence-electron chi connectivity index (χ0n) is 33.2. The number of phosphoric ester groups is 2. The van der Waals surface area contributed by atoms with Crippen molar-refractivity contribution < 1.29 is 102 Å². The number of fused-ring (bicyclic) bond motifs is 3. The first-order valence-corrected chi connectivity index (χ1v) is 27.6. The van der Waals surface area contributed by atoms with Crippen LogP contribution in [-0.2, 0) is 67.5 Å². The lowest BCUT2D eigenvalue weighted by Gasteiger charge is -2.21. The number of unbranched alkanes of at least 4 members (excludes halogenated alkanes) is 3. The molecule has 0 spiro atoms. The highest BCUT2D eigenvalue weighted by Crippen LogP contribution is 2.75. The number of hydrogen-bond donors (Lipinski definition) is 8. The van der Waals surface area contributed by atoms with Crippen molar-refractivity contribution in [2.24, 2.45) is 0 Å². The Morgan fingerprint density at radius 1 is 0.703 bits per heavy atom. The van der Waals surface area contributed by atoms with E-state index in [-0.39, 0.29) is 43.9 Å². The van der Waals surface area contributed by atoms with Crippen molar-refractivity contribution in [2.45, 2.75) is 63.7 Å². The summed E-state index contributed by atoms with van der Waals surface area (Å²) in [5.74, 6) is -0.121. The van der Waals surface area contributed by atoms with Gasteiger partial charge >= 0.3 is 58.7 Å². The first-order valence-electron chi connectivity index (χ1n) is 18.6. The molecule has 27 nitrogen and oxygen atoms in total. The van der Waals surface area contributed by atoms with Crippen molar-refractivity contribution in [3.05, 3.63) is 92.3 Å². The zero-order valence-corrected chi connectivity index (χ0v) is 38.5. The van der Waals surface area contributed by atoms with Crippen LogP contribution in [0.1, 0.15) is 67.4 Å². The number of hydrogen-bond acceptors (Lipinski definition) is 18. The summed E-state index contributed by atoms with van der Waals surface area (Å²) in [6, 6.07) is 15.7. The molecule has 2 aliphatic rings. The average Bonchev–Trinajstić information content (AvgIpc) is 3.76. The van der Waals surface area contributed by atoms with Gasteiger partial charge in [-0.3, -0.25) is 23.4 Å². The maximum Gasteiger partial charge on any atom is 0.490 e. The Morgan fingerprint density at radius 3 is 1.77 bits per heavy atom. The highest BCUT2D eigenvalue weighted by atomic mass is 31.3. The number of alkyl carbamates (subject to hydrolysis) is 1. The number of carbonyl (C=O) groups is 1. The van der Waals surface area contributed by atoms with Gasteiger partial charge in [0.05, 0.1) is 19.3 Å². The van der Waals surface area contributed by atoms with Gasteiger partial charge in [0.1, 0.15) is 12.8 Å². The topological polar surface area (TPSA) is 391 Å². The molecule has 2 aromatic carbocycles. The fourth-order valence-electron chi connectivity index (χ4n) is 6.35. The van der Waals surface area contributed by atoms with Crippen LogP contribution in [0, 0.1) is 6.92 Å². The third-order valence-electron chi connectivity index (χ3n) is 8.94. The number of ether oxygens (including phenoxy) is 2. The van der Waals surface area contributed by atoms with Crippen molar-refractivity contribution in [2.75, 3.05) is 26.4 Å². The average molecular weight is 1030 g/mol. The zero-order chi connectivity index (χ0) is 47.1. The quantitative estimate of drug-likeness (QED) is 0.0414. The molecule has 1 fully saturated rings. The van der Waals surface area contributed by atoms with Crippen LogP contribution in [0.15, 0.2) is 64.3 Å². The number of amides is 1. The second-order valence-corrected chi connectivity index (χ2v) is 23.2. The van der Waals surface area contributed by atoms with Gasteiger partial charge in [-0.05, 0) is 54.9 Å². The molecule has 8 atom stereocenters. The van der Waals surface area contributed by atoms with Gasteiger partial charge in [0, 0.05) is 24.2 Å². The van der Waals surface area contributed by atoms with Crippen LogP contribution < -0.4 is 16.6 Å². The monoisotopic (exact) mass is 1030 g/mol.